The van der Waals surface area contributed by atoms with E-state index in [9.17, 15) is 9.59 Å². The fourth-order valence-electron chi connectivity index (χ4n) is 2.79. The van der Waals surface area contributed by atoms with Gasteiger partial charge in [-0.25, -0.2) is 0 Å². The second-order valence-electron chi connectivity index (χ2n) is 8.84. The van der Waals surface area contributed by atoms with Gasteiger partial charge in [0.05, 0.1) is 17.4 Å². The van der Waals surface area contributed by atoms with Gasteiger partial charge in [0.1, 0.15) is 5.60 Å². The summed E-state index contributed by atoms with van der Waals surface area (Å²) in [4.78, 5) is 25.1. The van der Waals surface area contributed by atoms with Crippen LogP contribution < -0.4 is 0 Å². The van der Waals surface area contributed by atoms with Crippen LogP contribution in [0.2, 0.25) is 0 Å². The van der Waals surface area contributed by atoms with Gasteiger partial charge in [0, 0.05) is 0 Å². The van der Waals surface area contributed by atoms with Crippen molar-refractivity contribution in [3.8, 4) is 0 Å². The molecule has 4 heteroatoms. The Labute approximate surface area is 148 Å². The zero-order valence-electron chi connectivity index (χ0n) is 17.4. The lowest BCUT2D eigenvalue weighted by atomic mass is 9.73. The molecule has 0 aliphatic carbocycles. The van der Waals surface area contributed by atoms with E-state index in [0.29, 0.717) is 6.42 Å². The second-order valence-corrected chi connectivity index (χ2v) is 8.84. The summed E-state index contributed by atoms with van der Waals surface area (Å²) in [6.45, 7) is 19.4. The first-order chi connectivity index (χ1) is 10.7. The first kappa shape index (κ1) is 22.9. The molecule has 24 heavy (non-hydrogen) atoms. The smallest absolute Gasteiger partial charge is 0.312 e. The van der Waals surface area contributed by atoms with Gasteiger partial charge in [0.25, 0.3) is 0 Å². The number of esters is 2. The summed E-state index contributed by atoms with van der Waals surface area (Å²) in [7, 11) is 0. The molecule has 0 heterocycles. The third-order valence-corrected chi connectivity index (χ3v) is 5.08. The highest BCUT2D eigenvalue weighted by Gasteiger charge is 2.43. The molecule has 0 fully saturated rings. The fourth-order valence-corrected chi connectivity index (χ4v) is 2.79. The Balaban J connectivity index is 5.21. The van der Waals surface area contributed by atoms with Crippen molar-refractivity contribution in [3.05, 3.63) is 0 Å². The van der Waals surface area contributed by atoms with Gasteiger partial charge in [-0.3, -0.25) is 9.59 Å². The molecule has 0 aromatic rings. The maximum atomic E-state index is 12.8. The van der Waals surface area contributed by atoms with Crippen molar-refractivity contribution >= 4 is 11.9 Å². The molecular formula is C20H38O4. The molecular weight excluding hydrogens is 304 g/mol. The van der Waals surface area contributed by atoms with Crippen molar-refractivity contribution < 1.29 is 19.1 Å². The maximum absolute atomic E-state index is 12.8. The third-order valence-electron chi connectivity index (χ3n) is 5.08. The van der Waals surface area contributed by atoms with Crippen molar-refractivity contribution in [1.82, 2.24) is 0 Å². The molecule has 0 radical (unpaired) electrons. The Bertz CT molecular complexity index is 437. The molecule has 0 spiro atoms. The third kappa shape index (κ3) is 6.45. The summed E-state index contributed by atoms with van der Waals surface area (Å²) < 4.78 is 11.2. The van der Waals surface area contributed by atoms with Gasteiger partial charge >= 0.3 is 11.9 Å². The molecule has 0 saturated carbocycles. The minimum absolute atomic E-state index is 0.0628. The monoisotopic (exact) mass is 342 g/mol. The number of carbonyl (C=O) groups excluding carboxylic acids is 2. The Morgan fingerprint density at radius 1 is 0.917 bits per heavy atom. The lowest BCUT2D eigenvalue weighted by Gasteiger charge is -2.38. The first-order valence-electron chi connectivity index (χ1n) is 9.14. The van der Waals surface area contributed by atoms with Crippen LogP contribution in [-0.4, -0.2) is 23.6 Å². The van der Waals surface area contributed by atoms with Gasteiger partial charge in [-0.15, -0.1) is 0 Å². The van der Waals surface area contributed by atoms with Crippen molar-refractivity contribution in [1.29, 1.82) is 0 Å². The minimum Gasteiger partial charge on any atom is -0.463 e. The van der Waals surface area contributed by atoms with E-state index in [4.69, 9.17) is 9.47 Å². The van der Waals surface area contributed by atoms with E-state index in [-0.39, 0.29) is 23.5 Å². The molecule has 0 aliphatic heterocycles. The van der Waals surface area contributed by atoms with E-state index in [1.54, 1.807) is 6.92 Å². The molecule has 0 amide bonds. The molecule has 142 valence electrons. The summed E-state index contributed by atoms with van der Waals surface area (Å²) in [6.07, 6.45) is 2.10. The second kappa shape index (κ2) is 8.35. The summed E-state index contributed by atoms with van der Waals surface area (Å²) in [5.74, 6) is -1.09. The van der Waals surface area contributed by atoms with E-state index in [1.807, 2.05) is 41.5 Å². The van der Waals surface area contributed by atoms with Crippen LogP contribution in [0, 0.1) is 16.7 Å². The molecule has 0 saturated heterocycles. The van der Waals surface area contributed by atoms with Crippen LogP contribution in [-0.2, 0) is 19.1 Å². The van der Waals surface area contributed by atoms with Crippen molar-refractivity contribution in [2.45, 2.75) is 100 Å². The molecule has 0 N–H and O–H groups in total. The molecule has 0 aromatic carbocycles. The van der Waals surface area contributed by atoms with Crippen LogP contribution in [0.25, 0.3) is 0 Å². The summed E-state index contributed by atoms with van der Waals surface area (Å²) >= 11 is 0. The van der Waals surface area contributed by atoms with Gasteiger partial charge in [0.15, 0.2) is 0 Å². The van der Waals surface area contributed by atoms with Gasteiger partial charge < -0.3 is 9.47 Å². The highest BCUT2D eigenvalue weighted by atomic mass is 16.6. The van der Waals surface area contributed by atoms with E-state index >= 15 is 0 Å². The summed E-state index contributed by atoms with van der Waals surface area (Å²) in [6, 6.07) is 0. The molecule has 0 aliphatic rings. The lowest BCUT2D eigenvalue weighted by molar-refractivity contribution is -0.183. The zero-order valence-corrected chi connectivity index (χ0v) is 17.4. The van der Waals surface area contributed by atoms with Gasteiger partial charge in [-0.1, -0.05) is 34.1 Å². The summed E-state index contributed by atoms with van der Waals surface area (Å²) in [5, 5.41) is 0. The number of ether oxygens (including phenoxy) is 2. The van der Waals surface area contributed by atoms with Crippen LogP contribution in [0.5, 0.6) is 0 Å². The predicted molar refractivity (Wildman–Crippen MR) is 97.7 cm³/mol. The Hall–Kier alpha value is -1.06. The summed E-state index contributed by atoms with van der Waals surface area (Å²) in [5.41, 5.74) is -1.40. The number of hydrogen-bond donors (Lipinski definition) is 0. The normalized spacial score (nSPS) is 16.5. The Morgan fingerprint density at radius 2 is 1.42 bits per heavy atom. The molecule has 0 aromatic heterocycles. The van der Waals surface area contributed by atoms with Crippen molar-refractivity contribution in [3.63, 3.8) is 0 Å². The van der Waals surface area contributed by atoms with Gasteiger partial charge in [-0.2, -0.15) is 0 Å². The van der Waals surface area contributed by atoms with Crippen LogP contribution in [0.1, 0.15) is 88.5 Å². The highest BCUT2D eigenvalue weighted by molar-refractivity contribution is 5.78. The maximum Gasteiger partial charge on any atom is 0.312 e. The predicted octanol–water partition coefficient (Wildman–Crippen LogP) is 5.14. The fraction of sp³-hybridized carbons (Fsp3) is 0.900. The van der Waals surface area contributed by atoms with Crippen molar-refractivity contribution in [2.75, 3.05) is 0 Å². The molecule has 0 bridgehead atoms. The first-order valence-corrected chi connectivity index (χ1v) is 9.14. The standard InChI is InChI=1S/C20H38O4/c1-11-18(6,7)13-19(8,9)17(22)24-20(10,12-2)15(5)16(21)23-14(3)4/h14-15H,11-13H2,1-10H3/t15-,20?/m0/s1. The lowest BCUT2D eigenvalue weighted by Crippen LogP contribution is -2.46. The Kier molecular flexibility index (Phi) is 7.98. The number of carbonyl (C=O) groups is 2. The molecule has 2 atom stereocenters. The molecule has 4 nitrogen and oxygen atoms in total. The van der Waals surface area contributed by atoms with Crippen LogP contribution >= 0.6 is 0 Å². The zero-order chi connectivity index (χ0) is 19.3. The Morgan fingerprint density at radius 3 is 1.79 bits per heavy atom. The average molecular weight is 343 g/mol. The number of rotatable bonds is 9. The minimum atomic E-state index is -0.864. The largest absolute Gasteiger partial charge is 0.463 e. The van der Waals surface area contributed by atoms with Crippen molar-refractivity contribution in [2.24, 2.45) is 16.7 Å². The SMILES string of the molecule is CCC(C)(C)CC(C)(C)C(=O)OC(C)(CC)[C@@H](C)C(=O)OC(C)C. The van der Waals surface area contributed by atoms with Crippen LogP contribution in [0.3, 0.4) is 0 Å². The topological polar surface area (TPSA) is 52.6 Å². The van der Waals surface area contributed by atoms with E-state index in [0.717, 1.165) is 12.8 Å². The van der Waals surface area contributed by atoms with E-state index in [2.05, 4.69) is 20.8 Å². The average Bonchev–Trinajstić information content (AvgIpc) is 2.44. The van der Waals surface area contributed by atoms with E-state index in [1.165, 1.54) is 0 Å². The van der Waals surface area contributed by atoms with Crippen LogP contribution in [0.15, 0.2) is 0 Å². The molecule has 0 rings (SSSR count). The van der Waals surface area contributed by atoms with E-state index < -0.39 is 16.9 Å². The van der Waals surface area contributed by atoms with Gasteiger partial charge in [0.2, 0.25) is 0 Å². The highest BCUT2D eigenvalue weighted by Crippen LogP contribution is 2.39. The van der Waals surface area contributed by atoms with Crippen LogP contribution in [0.4, 0.5) is 0 Å². The molecule has 1 unspecified atom stereocenters. The van der Waals surface area contributed by atoms with Gasteiger partial charge in [-0.05, 0) is 59.8 Å². The quantitative estimate of drug-likeness (QED) is 0.544. The number of hydrogen-bond acceptors (Lipinski definition) is 4.